The van der Waals surface area contributed by atoms with Crippen molar-refractivity contribution in [2.75, 3.05) is 14.1 Å². The molecule has 2 N–H and O–H groups in total. The Bertz CT molecular complexity index is 615. The second-order valence-electron chi connectivity index (χ2n) is 6.09. The Hall–Kier alpha value is -2.30. The molecule has 0 saturated heterocycles. The van der Waals surface area contributed by atoms with Gasteiger partial charge >= 0.3 is 6.03 Å². The SMILES string of the molecule is CC1=C(C(=O)N(C)C)C(c2ccc(C(C)C)cc2)NC(=O)N1. The summed E-state index contributed by atoms with van der Waals surface area (Å²) in [5, 5.41) is 5.52. The second-order valence-corrected chi connectivity index (χ2v) is 6.09. The number of likely N-dealkylation sites (N-methyl/N-ethyl adjacent to an activating group) is 1. The molecule has 1 atom stereocenters. The van der Waals surface area contributed by atoms with Crippen LogP contribution in [0.2, 0.25) is 0 Å². The van der Waals surface area contributed by atoms with Crippen molar-refractivity contribution in [3.63, 3.8) is 0 Å². The molecule has 3 amide bonds. The highest BCUT2D eigenvalue weighted by molar-refractivity contribution is 5.98. The molecule has 0 bridgehead atoms. The monoisotopic (exact) mass is 301 g/mol. The van der Waals surface area contributed by atoms with E-state index in [0.717, 1.165) is 5.56 Å². The van der Waals surface area contributed by atoms with E-state index in [2.05, 4.69) is 24.5 Å². The van der Waals surface area contributed by atoms with Gasteiger partial charge in [0.1, 0.15) is 0 Å². The van der Waals surface area contributed by atoms with Crippen molar-refractivity contribution in [1.29, 1.82) is 0 Å². The van der Waals surface area contributed by atoms with Gasteiger partial charge < -0.3 is 15.5 Å². The Kier molecular flexibility index (Phi) is 4.54. The van der Waals surface area contributed by atoms with Crippen LogP contribution in [0.5, 0.6) is 0 Å². The highest BCUT2D eigenvalue weighted by atomic mass is 16.2. The number of benzene rings is 1. The molecular formula is C17H23N3O2. The predicted molar refractivity (Wildman–Crippen MR) is 86.3 cm³/mol. The summed E-state index contributed by atoms with van der Waals surface area (Å²) in [4.78, 5) is 25.8. The van der Waals surface area contributed by atoms with Crippen molar-refractivity contribution in [1.82, 2.24) is 15.5 Å². The lowest BCUT2D eigenvalue weighted by Crippen LogP contribution is -2.46. The Morgan fingerprint density at radius 3 is 2.27 bits per heavy atom. The third-order valence-corrected chi connectivity index (χ3v) is 3.84. The van der Waals surface area contributed by atoms with Crippen LogP contribution in [-0.2, 0) is 4.79 Å². The summed E-state index contributed by atoms with van der Waals surface area (Å²) in [7, 11) is 3.41. The molecule has 0 spiro atoms. The summed E-state index contributed by atoms with van der Waals surface area (Å²) in [6.45, 7) is 6.02. The molecule has 0 fully saturated rings. The normalized spacial score (nSPS) is 18.1. The molecule has 1 aromatic carbocycles. The zero-order chi connectivity index (χ0) is 16.4. The molecular weight excluding hydrogens is 278 g/mol. The molecule has 118 valence electrons. The van der Waals surface area contributed by atoms with Crippen LogP contribution < -0.4 is 10.6 Å². The van der Waals surface area contributed by atoms with E-state index in [1.807, 2.05) is 24.3 Å². The number of hydrogen-bond acceptors (Lipinski definition) is 2. The molecule has 5 heteroatoms. The van der Waals surface area contributed by atoms with Crippen LogP contribution in [0.15, 0.2) is 35.5 Å². The molecule has 22 heavy (non-hydrogen) atoms. The third-order valence-electron chi connectivity index (χ3n) is 3.84. The largest absolute Gasteiger partial charge is 0.345 e. The molecule has 1 aliphatic heterocycles. The van der Waals surface area contributed by atoms with E-state index in [9.17, 15) is 9.59 Å². The first kappa shape index (κ1) is 16.1. The van der Waals surface area contributed by atoms with Crippen LogP contribution in [0.1, 0.15) is 43.9 Å². The van der Waals surface area contributed by atoms with Crippen molar-refractivity contribution in [2.24, 2.45) is 0 Å². The van der Waals surface area contributed by atoms with Gasteiger partial charge in [-0.3, -0.25) is 4.79 Å². The highest BCUT2D eigenvalue weighted by Gasteiger charge is 2.31. The van der Waals surface area contributed by atoms with Gasteiger partial charge in [-0.2, -0.15) is 0 Å². The van der Waals surface area contributed by atoms with Gasteiger partial charge in [-0.1, -0.05) is 38.1 Å². The topological polar surface area (TPSA) is 61.4 Å². The van der Waals surface area contributed by atoms with E-state index in [1.165, 1.54) is 10.5 Å². The van der Waals surface area contributed by atoms with E-state index in [4.69, 9.17) is 0 Å². The smallest absolute Gasteiger partial charge is 0.319 e. The van der Waals surface area contributed by atoms with Gasteiger partial charge in [-0.15, -0.1) is 0 Å². The van der Waals surface area contributed by atoms with Crippen LogP contribution in [0.25, 0.3) is 0 Å². The van der Waals surface area contributed by atoms with Gasteiger partial charge in [0.2, 0.25) is 0 Å². The number of carbonyl (C=O) groups is 2. The minimum absolute atomic E-state index is 0.108. The Morgan fingerprint density at radius 2 is 1.77 bits per heavy atom. The first-order valence-corrected chi connectivity index (χ1v) is 7.41. The van der Waals surface area contributed by atoms with E-state index in [-0.39, 0.29) is 11.9 Å². The lowest BCUT2D eigenvalue weighted by Gasteiger charge is -2.30. The fourth-order valence-corrected chi connectivity index (χ4v) is 2.54. The van der Waals surface area contributed by atoms with E-state index in [1.54, 1.807) is 21.0 Å². The van der Waals surface area contributed by atoms with Crippen LogP contribution in [0, 0.1) is 0 Å². The summed E-state index contributed by atoms with van der Waals surface area (Å²) >= 11 is 0. The van der Waals surface area contributed by atoms with Crippen molar-refractivity contribution in [2.45, 2.75) is 32.7 Å². The van der Waals surface area contributed by atoms with Gasteiger partial charge in [0.05, 0.1) is 11.6 Å². The minimum Gasteiger partial charge on any atom is -0.345 e. The molecule has 0 saturated carbocycles. The third kappa shape index (κ3) is 3.13. The maximum atomic E-state index is 12.5. The summed E-state index contributed by atoms with van der Waals surface area (Å²) in [6, 6.07) is 7.32. The van der Waals surface area contributed by atoms with Gasteiger partial charge in [0.15, 0.2) is 0 Å². The average molecular weight is 301 g/mol. The molecule has 1 aliphatic rings. The van der Waals surface area contributed by atoms with Crippen LogP contribution in [0.3, 0.4) is 0 Å². The number of nitrogens with one attached hydrogen (secondary N) is 2. The highest BCUT2D eigenvalue weighted by Crippen LogP contribution is 2.28. The quantitative estimate of drug-likeness (QED) is 0.901. The number of allylic oxidation sites excluding steroid dienone is 1. The average Bonchev–Trinajstić information content (AvgIpc) is 2.45. The van der Waals surface area contributed by atoms with Gasteiger partial charge in [-0.05, 0) is 24.0 Å². The van der Waals surface area contributed by atoms with Gasteiger partial charge in [0, 0.05) is 19.8 Å². The lowest BCUT2D eigenvalue weighted by atomic mass is 9.92. The van der Waals surface area contributed by atoms with Crippen molar-refractivity contribution in [3.05, 3.63) is 46.7 Å². The first-order chi connectivity index (χ1) is 10.3. The first-order valence-electron chi connectivity index (χ1n) is 7.41. The van der Waals surface area contributed by atoms with Crippen molar-refractivity contribution < 1.29 is 9.59 Å². The zero-order valence-corrected chi connectivity index (χ0v) is 13.7. The minimum atomic E-state index is -0.426. The molecule has 0 radical (unpaired) electrons. The Labute approximate surface area is 131 Å². The Morgan fingerprint density at radius 1 is 1.18 bits per heavy atom. The summed E-state index contributed by atoms with van der Waals surface area (Å²) in [6.07, 6.45) is 0. The molecule has 0 aromatic heterocycles. The summed E-state index contributed by atoms with van der Waals surface area (Å²) < 4.78 is 0. The number of amides is 3. The molecule has 1 aromatic rings. The van der Waals surface area contributed by atoms with Crippen molar-refractivity contribution in [3.8, 4) is 0 Å². The lowest BCUT2D eigenvalue weighted by molar-refractivity contribution is -0.125. The standard InChI is InChI=1S/C17H23N3O2/c1-10(2)12-6-8-13(9-7-12)15-14(16(21)20(4)5)11(3)18-17(22)19-15/h6-10,15H,1-5H3,(H2,18,19,22). The van der Waals surface area contributed by atoms with E-state index >= 15 is 0 Å². The number of nitrogens with zero attached hydrogens (tertiary/aromatic N) is 1. The summed E-state index contributed by atoms with van der Waals surface area (Å²) in [5.74, 6) is 0.333. The Balaban J connectivity index is 2.43. The molecule has 0 aliphatic carbocycles. The van der Waals surface area contributed by atoms with E-state index < -0.39 is 6.04 Å². The summed E-state index contributed by atoms with van der Waals surface area (Å²) in [5.41, 5.74) is 3.30. The fourth-order valence-electron chi connectivity index (χ4n) is 2.54. The number of rotatable bonds is 3. The number of hydrogen-bond donors (Lipinski definition) is 2. The van der Waals surface area contributed by atoms with Crippen LogP contribution >= 0.6 is 0 Å². The second kappa shape index (κ2) is 6.22. The number of urea groups is 1. The predicted octanol–water partition coefficient (Wildman–Crippen LogP) is 2.53. The van der Waals surface area contributed by atoms with Gasteiger partial charge in [0.25, 0.3) is 5.91 Å². The van der Waals surface area contributed by atoms with Crippen LogP contribution in [0.4, 0.5) is 4.79 Å². The van der Waals surface area contributed by atoms with E-state index in [0.29, 0.717) is 17.2 Å². The van der Waals surface area contributed by atoms with Crippen molar-refractivity contribution >= 4 is 11.9 Å². The maximum absolute atomic E-state index is 12.5. The fraction of sp³-hybridized carbons (Fsp3) is 0.412. The molecule has 2 rings (SSSR count). The molecule has 1 heterocycles. The van der Waals surface area contributed by atoms with Gasteiger partial charge in [-0.25, -0.2) is 4.79 Å². The number of carbonyl (C=O) groups excluding carboxylic acids is 2. The maximum Gasteiger partial charge on any atom is 0.319 e. The zero-order valence-electron chi connectivity index (χ0n) is 13.7. The molecule has 1 unspecified atom stereocenters. The molecule has 5 nitrogen and oxygen atoms in total. The van der Waals surface area contributed by atoms with Crippen LogP contribution in [-0.4, -0.2) is 30.9 Å².